The van der Waals surface area contributed by atoms with Crippen LogP contribution in [0.15, 0.2) is 27.7 Å². The maximum atomic E-state index is 12.3. The lowest BCUT2D eigenvalue weighted by molar-refractivity contribution is -0.137. The Balaban J connectivity index is 3.08. The first-order chi connectivity index (χ1) is 6.39. The molecule has 1 aromatic carbocycles. The Morgan fingerprint density at radius 1 is 1.21 bits per heavy atom. The molecule has 0 amide bonds. The summed E-state index contributed by atoms with van der Waals surface area (Å²) < 4.78 is 37.4. The van der Waals surface area contributed by atoms with Gasteiger partial charge in [0.1, 0.15) is 0 Å². The first kappa shape index (κ1) is 11.8. The van der Waals surface area contributed by atoms with E-state index in [-0.39, 0.29) is 0 Å². The van der Waals surface area contributed by atoms with E-state index < -0.39 is 11.7 Å². The Kier molecular flexibility index (Phi) is 3.78. The van der Waals surface area contributed by atoms with Crippen LogP contribution >= 0.6 is 31.9 Å². The molecule has 0 aliphatic heterocycles. The lowest BCUT2D eigenvalue weighted by Crippen LogP contribution is -2.04. The van der Waals surface area contributed by atoms with E-state index in [9.17, 15) is 13.2 Å². The van der Waals surface area contributed by atoms with Crippen LogP contribution in [0.2, 0.25) is 0 Å². The van der Waals surface area contributed by atoms with Crippen molar-refractivity contribution in [1.29, 1.82) is 0 Å². The van der Waals surface area contributed by atoms with Crippen molar-refractivity contribution in [2.45, 2.75) is 6.18 Å². The Hall–Kier alpha value is -0.290. The van der Waals surface area contributed by atoms with Gasteiger partial charge in [-0.1, -0.05) is 12.1 Å². The van der Waals surface area contributed by atoms with E-state index in [2.05, 4.69) is 31.9 Å². The molecular formula is C9H5Br2F3. The fourth-order valence-corrected chi connectivity index (χ4v) is 1.46. The molecule has 0 unspecified atom stereocenters. The third kappa shape index (κ3) is 3.46. The SMILES string of the molecule is FC(F)(F)c1cccc(C=C(Br)Br)c1. The van der Waals surface area contributed by atoms with Gasteiger partial charge in [-0.05, 0) is 55.6 Å². The number of halogens is 5. The van der Waals surface area contributed by atoms with E-state index in [1.54, 1.807) is 12.1 Å². The van der Waals surface area contributed by atoms with Crippen LogP contribution in [0.25, 0.3) is 6.08 Å². The minimum atomic E-state index is -4.29. The maximum Gasteiger partial charge on any atom is 0.416 e. The zero-order chi connectivity index (χ0) is 10.8. The topological polar surface area (TPSA) is 0 Å². The van der Waals surface area contributed by atoms with Gasteiger partial charge >= 0.3 is 6.18 Å². The van der Waals surface area contributed by atoms with Gasteiger partial charge in [0.2, 0.25) is 0 Å². The summed E-state index contributed by atoms with van der Waals surface area (Å²) in [6.07, 6.45) is -2.74. The molecule has 0 aliphatic rings. The van der Waals surface area contributed by atoms with E-state index in [0.29, 0.717) is 8.96 Å². The van der Waals surface area contributed by atoms with Gasteiger partial charge in [0, 0.05) is 0 Å². The lowest BCUT2D eigenvalue weighted by Gasteiger charge is -2.06. The van der Waals surface area contributed by atoms with Crippen LogP contribution in [0, 0.1) is 0 Å². The molecule has 76 valence electrons. The summed E-state index contributed by atoms with van der Waals surface area (Å²) >= 11 is 6.17. The van der Waals surface area contributed by atoms with Crippen LogP contribution in [0.3, 0.4) is 0 Å². The van der Waals surface area contributed by atoms with Crippen LogP contribution in [0.4, 0.5) is 13.2 Å². The van der Waals surface area contributed by atoms with Crippen molar-refractivity contribution in [3.63, 3.8) is 0 Å². The molecule has 0 N–H and O–H groups in total. The summed E-state index contributed by atoms with van der Waals surface area (Å²) in [5.74, 6) is 0. The van der Waals surface area contributed by atoms with Gasteiger partial charge in [-0.2, -0.15) is 13.2 Å². The van der Waals surface area contributed by atoms with Gasteiger partial charge in [-0.15, -0.1) is 0 Å². The fourth-order valence-electron chi connectivity index (χ4n) is 0.931. The second kappa shape index (κ2) is 4.49. The molecule has 1 aromatic rings. The van der Waals surface area contributed by atoms with E-state index >= 15 is 0 Å². The van der Waals surface area contributed by atoms with Gasteiger partial charge in [0.05, 0.1) is 8.96 Å². The average Bonchev–Trinajstić information content (AvgIpc) is 2.01. The zero-order valence-electron chi connectivity index (χ0n) is 6.78. The minimum Gasteiger partial charge on any atom is -0.166 e. The molecule has 0 atom stereocenters. The van der Waals surface area contributed by atoms with Crippen molar-refractivity contribution in [2.75, 3.05) is 0 Å². The van der Waals surface area contributed by atoms with Crippen molar-refractivity contribution in [1.82, 2.24) is 0 Å². The molecule has 0 fully saturated rings. The summed E-state index contributed by atoms with van der Waals surface area (Å²) in [6, 6.07) is 5.09. The van der Waals surface area contributed by atoms with E-state index in [1.165, 1.54) is 6.07 Å². The van der Waals surface area contributed by atoms with Crippen LogP contribution in [0.1, 0.15) is 11.1 Å². The Morgan fingerprint density at radius 2 is 1.86 bits per heavy atom. The molecule has 0 saturated heterocycles. The monoisotopic (exact) mass is 328 g/mol. The average molecular weight is 330 g/mol. The van der Waals surface area contributed by atoms with Crippen molar-refractivity contribution in [3.05, 3.63) is 38.8 Å². The predicted molar refractivity (Wildman–Crippen MR) is 57.3 cm³/mol. The Bertz CT molecular complexity index is 351. The summed E-state index contributed by atoms with van der Waals surface area (Å²) in [6.45, 7) is 0. The van der Waals surface area contributed by atoms with Crippen molar-refractivity contribution in [3.8, 4) is 0 Å². The molecule has 0 heterocycles. The van der Waals surface area contributed by atoms with Crippen LogP contribution < -0.4 is 0 Å². The molecule has 0 bridgehead atoms. The third-order valence-corrected chi connectivity index (χ3v) is 1.95. The summed E-state index contributed by atoms with van der Waals surface area (Å²) in [5, 5.41) is 0. The second-order valence-electron chi connectivity index (χ2n) is 2.56. The molecule has 0 radical (unpaired) electrons. The number of rotatable bonds is 1. The van der Waals surface area contributed by atoms with Crippen molar-refractivity contribution < 1.29 is 13.2 Å². The van der Waals surface area contributed by atoms with Crippen LogP contribution in [-0.2, 0) is 6.18 Å². The molecule has 0 nitrogen and oxygen atoms in total. The third-order valence-electron chi connectivity index (χ3n) is 1.49. The molecule has 0 aliphatic carbocycles. The predicted octanol–water partition coefficient (Wildman–Crippen LogP) is 4.79. The van der Waals surface area contributed by atoms with Gasteiger partial charge < -0.3 is 0 Å². The van der Waals surface area contributed by atoms with Gasteiger partial charge in [0.25, 0.3) is 0 Å². The number of hydrogen-bond acceptors (Lipinski definition) is 0. The summed E-state index contributed by atoms with van der Waals surface area (Å²) in [5.41, 5.74) is -0.156. The van der Waals surface area contributed by atoms with Crippen LogP contribution in [-0.4, -0.2) is 0 Å². The highest BCUT2D eigenvalue weighted by atomic mass is 79.9. The molecule has 5 heteroatoms. The standard InChI is InChI=1S/C9H5Br2F3/c10-8(11)5-6-2-1-3-7(4-6)9(12,13)14/h1-5H. The highest BCUT2D eigenvalue weighted by Crippen LogP contribution is 2.30. The first-order valence-electron chi connectivity index (χ1n) is 3.59. The van der Waals surface area contributed by atoms with E-state index in [1.807, 2.05) is 0 Å². The largest absolute Gasteiger partial charge is 0.416 e. The molecule has 1 rings (SSSR count). The fraction of sp³-hybridized carbons (Fsp3) is 0.111. The van der Waals surface area contributed by atoms with Gasteiger partial charge in [0.15, 0.2) is 0 Å². The number of hydrogen-bond donors (Lipinski definition) is 0. The van der Waals surface area contributed by atoms with E-state index in [0.717, 1.165) is 12.1 Å². The lowest BCUT2D eigenvalue weighted by atomic mass is 10.1. The maximum absolute atomic E-state index is 12.3. The second-order valence-corrected chi connectivity index (χ2v) is 5.33. The smallest absolute Gasteiger partial charge is 0.166 e. The molecule has 0 saturated carbocycles. The molecule has 14 heavy (non-hydrogen) atoms. The van der Waals surface area contributed by atoms with Gasteiger partial charge in [-0.3, -0.25) is 0 Å². The quantitative estimate of drug-likeness (QED) is 0.694. The summed E-state index contributed by atoms with van der Waals surface area (Å²) in [4.78, 5) is 0. The van der Waals surface area contributed by atoms with E-state index in [4.69, 9.17) is 0 Å². The summed E-state index contributed by atoms with van der Waals surface area (Å²) in [7, 11) is 0. The zero-order valence-corrected chi connectivity index (χ0v) is 9.95. The van der Waals surface area contributed by atoms with Crippen LogP contribution in [0.5, 0.6) is 0 Å². The highest BCUT2D eigenvalue weighted by molar-refractivity contribution is 9.28. The number of benzene rings is 1. The van der Waals surface area contributed by atoms with Crippen molar-refractivity contribution >= 4 is 37.9 Å². The normalized spacial score (nSPS) is 11.2. The Labute approximate surface area is 96.1 Å². The van der Waals surface area contributed by atoms with Crippen molar-refractivity contribution in [2.24, 2.45) is 0 Å². The molecule has 0 aromatic heterocycles. The Morgan fingerprint density at radius 3 is 2.36 bits per heavy atom. The highest BCUT2D eigenvalue weighted by Gasteiger charge is 2.30. The number of alkyl halides is 3. The van der Waals surface area contributed by atoms with Gasteiger partial charge in [-0.25, -0.2) is 0 Å². The molecule has 0 spiro atoms. The molecular weight excluding hydrogens is 325 g/mol. The first-order valence-corrected chi connectivity index (χ1v) is 5.18. The minimum absolute atomic E-state index is 0.489.